The van der Waals surface area contributed by atoms with E-state index in [0.717, 1.165) is 5.69 Å². The summed E-state index contributed by atoms with van der Waals surface area (Å²) in [6, 6.07) is 10.8. The van der Waals surface area contributed by atoms with Crippen molar-refractivity contribution in [1.82, 2.24) is 14.5 Å². The number of carbonyl (C=O) groups excluding carboxylic acids is 1. The zero-order valence-electron chi connectivity index (χ0n) is 16.5. The van der Waals surface area contributed by atoms with Gasteiger partial charge in [0.25, 0.3) is 5.56 Å². The molecule has 3 aromatic heterocycles. The Labute approximate surface area is 172 Å². The monoisotopic (exact) mass is 404 g/mol. The molecule has 30 heavy (non-hydrogen) atoms. The van der Waals surface area contributed by atoms with Gasteiger partial charge >= 0.3 is 5.97 Å². The van der Waals surface area contributed by atoms with E-state index in [4.69, 9.17) is 15.2 Å². The first-order chi connectivity index (χ1) is 14.5. The Kier molecular flexibility index (Phi) is 5.05. The fourth-order valence-electron chi connectivity index (χ4n) is 3.63. The average molecular weight is 404 g/mol. The van der Waals surface area contributed by atoms with Crippen LogP contribution < -0.4 is 16.0 Å². The summed E-state index contributed by atoms with van der Waals surface area (Å²) >= 11 is 0. The summed E-state index contributed by atoms with van der Waals surface area (Å²) in [7, 11) is 1.26. The lowest BCUT2D eigenvalue weighted by molar-refractivity contribution is -0.136. The fraction of sp³-hybridized carbons (Fsp3) is 0.182. The molecule has 0 aromatic carbocycles. The van der Waals surface area contributed by atoms with Gasteiger partial charge in [-0.3, -0.25) is 14.8 Å². The molecule has 0 aliphatic carbocycles. The molecule has 0 saturated carbocycles. The molecule has 8 heteroatoms. The molecule has 1 atom stereocenters. The molecule has 0 radical (unpaired) electrons. The van der Waals surface area contributed by atoms with Crippen molar-refractivity contribution < 1.29 is 14.3 Å². The number of pyridine rings is 3. The predicted molar refractivity (Wildman–Crippen MR) is 109 cm³/mol. The quantitative estimate of drug-likeness (QED) is 0.661. The molecule has 1 unspecified atom stereocenters. The lowest BCUT2D eigenvalue weighted by Crippen LogP contribution is -2.35. The van der Waals surface area contributed by atoms with E-state index >= 15 is 0 Å². The molecule has 1 aliphatic rings. The van der Waals surface area contributed by atoms with E-state index in [1.807, 2.05) is 25.1 Å². The van der Waals surface area contributed by atoms with Crippen LogP contribution in [0.2, 0.25) is 0 Å². The summed E-state index contributed by atoms with van der Waals surface area (Å²) < 4.78 is 12.2. The van der Waals surface area contributed by atoms with Crippen LogP contribution in [0, 0.1) is 6.92 Å². The summed E-state index contributed by atoms with van der Waals surface area (Å²) in [5.41, 5.74) is 8.22. The number of carbonyl (C=O) groups is 1. The third-order valence-electron chi connectivity index (χ3n) is 5.04. The van der Waals surface area contributed by atoms with E-state index in [0.29, 0.717) is 22.6 Å². The lowest BCUT2D eigenvalue weighted by Gasteiger charge is -2.28. The highest BCUT2D eigenvalue weighted by molar-refractivity contribution is 5.92. The minimum atomic E-state index is -0.766. The van der Waals surface area contributed by atoms with Gasteiger partial charge in [-0.05, 0) is 30.7 Å². The van der Waals surface area contributed by atoms with Crippen molar-refractivity contribution in [1.29, 1.82) is 0 Å². The van der Waals surface area contributed by atoms with Gasteiger partial charge in [-0.2, -0.15) is 0 Å². The van der Waals surface area contributed by atoms with Crippen molar-refractivity contribution in [3.8, 4) is 5.75 Å². The van der Waals surface area contributed by atoms with E-state index in [1.54, 1.807) is 41.4 Å². The van der Waals surface area contributed by atoms with Gasteiger partial charge in [0.1, 0.15) is 11.3 Å². The highest BCUT2D eigenvalue weighted by atomic mass is 16.5. The maximum atomic E-state index is 13.6. The van der Waals surface area contributed by atoms with Crippen LogP contribution in [0.25, 0.3) is 0 Å². The van der Waals surface area contributed by atoms with Gasteiger partial charge in [0, 0.05) is 30.4 Å². The topological polar surface area (TPSA) is 109 Å². The number of hydrogen-bond donors (Lipinski definition) is 1. The number of esters is 1. The van der Waals surface area contributed by atoms with Gasteiger partial charge in [-0.25, -0.2) is 4.79 Å². The van der Waals surface area contributed by atoms with Crippen molar-refractivity contribution in [2.24, 2.45) is 5.73 Å². The second-order valence-electron chi connectivity index (χ2n) is 6.87. The Morgan fingerprint density at radius 1 is 1.27 bits per heavy atom. The minimum absolute atomic E-state index is 0.0725. The van der Waals surface area contributed by atoms with Crippen LogP contribution in [0.3, 0.4) is 0 Å². The molecule has 1 aliphatic heterocycles. The lowest BCUT2D eigenvalue weighted by atomic mass is 9.84. The highest BCUT2D eigenvalue weighted by Crippen LogP contribution is 2.40. The van der Waals surface area contributed by atoms with Crippen LogP contribution in [-0.4, -0.2) is 27.6 Å². The molecule has 0 bridgehead atoms. The standard InChI is InChI=1S/C22H20N4O4/c1-13-10-16-18(21(27)26(13)12-15-7-3-4-9-25-15)17(14-6-5-8-24-11-14)19(20(23)30-16)22(28)29-2/h3-11,17H,12,23H2,1-2H3. The number of aromatic nitrogens is 3. The summed E-state index contributed by atoms with van der Waals surface area (Å²) in [6.07, 6.45) is 4.88. The van der Waals surface area contributed by atoms with Crippen LogP contribution in [0.15, 0.2) is 71.2 Å². The van der Waals surface area contributed by atoms with Gasteiger partial charge < -0.3 is 19.8 Å². The normalized spacial score (nSPS) is 15.3. The first-order valence-electron chi connectivity index (χ1n) is 9.31. The van der Waals surface area contributed by atoms with E-state index in [2.05, 4.69) is 9.97 Å². The van der Waals surface area contributed by atoms with E-state index in [9.17, 15) is 9.59 Å². The SMILES string of the molecule is COC(=O)C1=C(N)Oc2cc(C)n(Cc3ccccn3)c(=O)c2C1c1cccnc1. The summed E-state index contributed by atoms with van der Waals surface area (Å²) in [4.78, 5) is 34.6. The molecule has 0 amide bonds. The molecule has 0 spiro atoms. The molecular weight excluding hydrogens is 384 g/mol. The molecular formula is C22H20N4O4. The number of ether oxygens (including phenoxy) is 2. The second kappa shape index (κ2) is 7.82. The van der Waals surface area contributed by atoms with Crippen molar-refractivity contribution >= 4 is 5.97 Å². The Bertz CT molecular complexity index is 1190. The smallest absolute Gasteiger partial charge is 0.340 e. The number of aryl methyl sites for hydroxylation is 1. The second-order valence-corrected chi connectivity index (χ2v) is 6.87. The van der Waals surface area contributed by atoms with Crippen molar-refractivity contribution in [3.05, 3.63) is 99.3 Å². The van der Waals surface area contributed by atoms with Crippen molar-refractivity contribution in [2.45, 2.75) is 19.4 Å². The van der Waals surface area contributed by atoms with Crippen LogP contribution in [0.5, 0.6) is 5.75 Å². The fourth-order valence-corrected chi connectivity index (χ4v) is 3.63. The molecule has 0 fully saturated rings. The molecule has 8 nitrogen and oxygen atoms in total. The Balaban J connectivity index is 1.94. The number of methoxy groups -OCH3 is 1. The molecule has 2 N–H and O–H groups in total. The molecule has 152 valence electrons. The summed E-state index contributed by atoms with van der Waals surface area (Å²) in [5.74, 6) is -1.21. The first-order valence-corrected chi connectivity index (χ1v) is 9.31. The molecule has 3 aromatic rings. The van der Waals surface area contributed by atoms with Gasteiger partial charge in [0.05, 0.1) is 30.8 Å². The van der Waals surface area contributed by atoms with E-state index < -0.39 is 11.9 Å². The Morgan fingerprint density at radius 2 is 2.10 bits per heavy atom. The number of nitrogens with zero attached hydrogens (tertiary/aromatic N) is 3. The number of nitrogens with two attached hydrogens (primary N) is 1. The average Bonchev–Trinajstić information content (AvgIpc) is 2.76. The first kappa shape index (κ1) is 19.4. The van der Waals surface area contributed by atoms with Crippen molar-refractivity contribution in [2.75, 3.05) is 7.11 Å². The van der Waals surface area contributed by atoms with Gasteiger partial charge in [0.2, 0.25) is 5.88 Å². The van der Waals surface area contributed by atoms with E-state index in [-0.39, 0.29) is 23.6 Å². The zero-order valence-corrected chi connectivity index (χ0v) is 16.5. The number of fused-ring (bicyclic) bond motifs is 1. The molecule has 0 saturated heterocycles. The Hall–Kier alpha value is -3.94. The van der Waals surface area contributed by atoms with Crippen LogP contribution in [-0.2, 0) is 16.1 Å². The van der Waals surface area contributed by atoms with Crippen molar-refractivity contribution in [3.63, 3.8) is 0 Å². The Morgan fingerprint density at radius 3 is 2.77 bits per heavy atom. The van der Waals surface area contributed by atoms with Gasteiger partial charge in [-0.15, -0.1) is 0 Å². The van der Waals surface area contributed by atoms with Gasteiger partial charge in [0.15, 0.2) is 0 Å². The summed E-state index contributed by atoms with van der Waals surface area (Å²) in [6.45, 7) is 2.09. The maximum Gasteiger partial charge on any atom is 0.340 e. The third-order valence-corrected chi connectivity index (χ3v) is 5.04. The predicted octanol–water partition coefficient (Wildman–Crippen LogP) is 1.86. The third kappa shape index (κ3) is 3.32. The van der Waals surface area contributed by atoms with Crippen LogP contribution in [0.4, 0.5) is 0 Å². The van der Waals surface area contributed by atoms with Crippen LogP contribution >= 0.6 is 0 Å². The summed E-state index contributed by atoms with van der Waals surface area (Å²) in [5, 5.41) is 0. The molecule has 4 heterocycles. The minimum Gasteiger partial charge on any atom is -0.465 e. The van der Waals surface area contributed by atoms with E-state index in [1.165, 1.54) is 7.11 Å². The largest absolute Gasteiger partial charge is 0.465 e. The van der Waals surface area contributed by atoms with Gasteiger partial charge in [-0.1, -0.05) is 12.1 Å². The number of rotatable bonds is 4. The molecule has 4 rings (SSSR count). The van der Waals surface area contributed by atoms with Crippen LogP contribution in [0.1, 0.15) is 28.4 Å². The number of hydrogen-bond acceptors (Lipinski definition) is 7. The maximum absolute atomic E-state index is 13.6. The zero-order chi connectivity index (χ0) is 21.3. The highest BCUT2D eigenvalue weighted by Gasteiger charge is 2.38.